The lowest BCUT2D eigenvalue weighted by Crippen LogP contribution is -2.42. The molecule has 1 saturated heterocycles. The van der Waals surface area contributed by atoms with Crippen molar-refractivity contribution >= 4 is 17.7 Å². The van der Waals surface area contributed by atoms with Gasteiger partial charge in [0.25, 0.3) is 0 Å². The summed E-state index contributed by atoms with van der Waals surface area (Å²) in [5.41, 5.74) is 0. The van der Waals surface area contributed by atoms with Crippen molar-refractivity contribution in [2.45, 2.75) is 31.7 Å². The number of thioether (sulfide) groups is 1. The van der Waals surface area contributed by atoms with Crippen LogP contribution in [0.25, 0.3) is 0 Å². The van der Waals surface area contributed by atoms with Gasteiger partial charge in [-0.05, 0) is 44.4 Å². The molecule has 14 heavy (non-hydrogen) atoms. The Balaban J connectivity index is 2.06. The van der Waals surface area contributed by atoms with Gasteiger partial charge in [0, 0.05) is 12.5 Å². The fourth-order valence-corrected chi connectivity index (χ4v) is 2.08. The van der Waals surface area contributed by atoms with Gasteiger partial charge >= 0.3 is 0 Å². The quantitative estimate of drug-likeness (QED) is 0.674. The SMILES string of the molecule is CSCCCC(=O)NC1CCNCC1. The van der Waals surface area contributed by atoms with Gasteiger partial charge in [-0.2, -0.15) is 11.8 Å². The van der Waals surface area contributed by atoms with Crippen LogP contribution in [0.5, 0.6) is 0 Å². The number of hydrogen-bond donors (Lipinski definition) is 2. The van der Waals surface area contributed by atoms with Gasteiger partial charge in [-0.15, -0.1) is 0 Å². The minimum Gasteiger partial charge on any atom is -0.353 e. The lowest BCUT2D eigenvalue weighted by atomic mass is 10.1. The Morgan fingerprint density at radius 1 is 1.50 bits per heavy atom. The van der Waals surface area contributed by atoms with Gasteiger partial charge < -0.3 is 10.6 Å². The van der Waals surface area contributed by atoms with Crippen molar-refractivity contribution < 1.29 is 4.79 Å². The number of piperidine rings is 1. The third kappa shape index (κ3) is 4.86. The summed E-state index contributed by atoms with van der Waals surface area (Å²) in [6.45, 7) is 2.07. The molecular formula is C10H20N2OS. The first-order valence-corrected chi connectivity index (χ1v) is 6.71. The molecule has 0 saturated carbocycles. The molecule has 0 bridgehead atoms. The van der Waals surface area contributed by atoms with Crippen molar-refractivity contribution in [2.75, 3.05) is 25.1 Å². The highest BCUT2D eigenvalue weighted by Crippen LogP contribution is 2.04. The van der Waals surface area contributed by atoms with Crippen LogP contribution >= 0.6 is 11.8 Å². The number of carbonyl (C=O) groups is 1. The van der Waals surface area contributed by atoms with Gasteiger partial charge in [0.2, 0.25) is 5.91 Å². The summed E-state index contributed by atoms with van der Waals surface area (Å²) in [5, 5.41) is 6.38. The summed E-state index contributed by atoms with van der Waals surface area (Å²) in [5.74, 6) is 1.31. The van der Waals surface area contributed by atoms with Gasteiger partial charge in [-0.25, -0.2) is 0 Å². The largest absolute Gasteiger partial charge is 0.353 e. The first-order chi connectivity index (χ1) is 6.83. The molecule has 1 aliphatic heterocycles. The Morgan fingerprint density at radius 2 is 2.21 bits per heavy atom. The van der Waals surface area contributed by atoms with Gasteiger partial charge in [0.05, 0.1) is 0 Å². The molecule has 1 aliphatic rings. The Morgan fingerprint density at radius 3 is 2.86 bits per heavy atom. The third-order valence-corrected chi connectivity index (χ3v) is 3.15. The van der Waals surface area contributed by atoms with Gasteiger partial charge in [0.1, 0.15) is 0 Å². The highest BCUT2D eigenvalue weighted by molar-refractivity contribution is 7.98. The molecule has 2 N–H and O–H groups in total. The highest BCUT2D eigenvalue weighted by atomic mass is 32.2. The second-order valence-corrected chi connectivity index (χ2v) is 4.67. The summed E-state index contributed by atoms with van der Waals surface area (Å²) >= 11 is 1.80. The van der Waals surface area contributed by atoms with Crippen LogP contribution in [0.4, 0.5) is 0 Å². The van der Waals surface area contributed by atoms with E-state index in [0.29, 0.717) is 12.5 Å². The lowest BCUT2D eigenvalue weighted by Gasteiger charge is -2.23. The van der Waals surface area contributed by atoms with E-state index in [9.17, 15) is 4.79 Å². The molecule has 4 heteroatoms. The van der Waals surface area contributed by atoms with E-state index in [-0.39, 0.29) is 5.91 Å². The Labute approximate surface area is 90.4 Å². The first-order valence-electron chi connectivity index (χ1n) is 5.32. The van der Waals surface area contributed by atoms with Crippen molar-refractivity contribution in [3.8, 4) is 0 Å². The van der Waals surface area contributed by atoms with Crippen LogP contribution < -0.4 is 10.6 Å². The molecule has 0 aromatic carbocycles. The molecule has 0 aromatic heterocycles. The number of hydrogen-bond acceptors (Lipinski definition) is 3. The number of nitrogens with one attached hydrogen (secondary N) is 2. The molecule has 0 unspecified atom stereocenters. The molecule has 1 amide bonds. The van der Waals surface area contributed by atoms with Crippen molar-refractivity contribution in [3.63, 3.8) is 0 Å². The van der Waals surface area contributed by atoms with Crippen LogP contribution in [0.3, 0.4) is 0 Å². The van der Waals surface area contributed by atoms with E-state index < -0.39 is 0 Å². The van der Waals surface area contributed by atoms with Crippen molar-refractivity contribution in [1.82, 2.24) is 10.6 Å². The fourth-order valence-electron chi connectivity index (χ4n) is 1.64. The van der Waals surface area contributed by atoms with Crippen molar-refractivity contribution in [2.24, 2.45) is 0 Å². The average molecular weight is 216 g/mol. The summed E-state index contributed by atoms with van der Waals surface area (Å²) in [4.78, 5) is 11.4. The van der Waals surface area contributed by atoms with E-state index in [1.54, 1.807) is 11.8 Å². The molecule has 1 fully saturated rings. The number of rotatable bonds is 5. The van der Waals surface area contributed by atoms with Crippen LogP contribution in [0.2, 0.25) is 0 Å². The molecule has 1 rings (SSSR count). The van der Waals surface area contributed by atoms with Crippen LogP contribution in [0.1, 0.15) is 25.7 Å². The summed E-state index contributed by atoms with van der Waals surface area (Å²) in [6.07, 6.45) is 5.91. The predicted octanol–water partition coefficient (Wildman–Crippen LogP) is 0.998. The maximum atomic E-state index is 11.4. The van der Waals surface area contributed by atoms with Crippen LogP contribution in [-0.4, -0.2) is 37.0 Å². The van der Waals surface area contributed by atoms with E-state index >= 15 is 0 Å². The third-order valence-electron chi connectivity index (χ3n) is 2.46. The molecular weight excluding hydrogens is 196 g/mol. The minimum atomic E-state index is 0.228. The lowest BCUT2D eigenvalue weighted by molar-refractivity contribution is -0.121. The maximum Gasteiger partial charge on any atom is 0.220 e. The van der Waals surface area contributed by atoms with Crippen molar-refractivity contribution in [1.29, 1.82) is 0 Å². The minimum absolute atomic E-state index is 0.228. The molecule has 0 aromatic rings. The molecule has 0 atom stereocenters. The summed E-state index contributed by atoms with van der Waals surface area (Å²) < 4.78 is 0. The molecule has 0 aliphatic carbocycles. The highest BCUT2D eigenvalue weighted by Gasteiger charge is 2.14. The summed E-state index contributed by atoms with van der Waals surface area (Å²) in [7, 11) is 0. The molecule has 0 spiro atoms. The molecule has 0 radical (unpaired) electrons. The second-order valence-electron chi connectivity index (χ2n) is 3.69. The topological polar surface area (TPSA) is 41.1 Å². The monoisotopic (exact) mass is 216 g/mol. The zero-order chi connectivity index (χ0) is 10.2. The van der Waals surface area contributed by atoms with E-state index in [1.807, 2.05) is 0 Å². The Hall–Kier alpha value is -0.220. The van der Waals surface area contributed by atoms with Gasteiger partial charge in [0.15, 0.2) is 0 Å². The normalized spacial score (nSPS) is 18.1. The van der Waals surface area contributed by atoms with E-state index in [4.69, 9.17) is 0 Å². The maximum absolute atomic E-state index is 11.4. The number of carbonyl (C=O) groups excluding carboxylic acids is 1. The zero-order valence-corrected chi connectivity index (χ0v) is 9.66. The molecule has 3 nitrogen and oxygen atoms in total. The van der Waals surface area contributed by atoms with Crippen molar-refractivity contribution in [3.05, 3.63) is 0 Å². The second kappa shape index (κ2) is 7.12. The van der Waals surface area contributed by atoms with Gasteiger partial charge in [-0.1, -0.05) is 0 Å². The first kappa shape index (κ1) is 11.9. The Kier molecular flexibility index (Phi) is 6.03. The standard InChI is InChI=1S/C10H20N2OS/c1-14-8-2-3-10(13)12-9-4-6-11-7-5-9/h9,11H,2-8H2,1H3,(H,12,13). The fraction of sp³-hybridized carbons (Fsp3) is 0.900. The van der Waals surface area contributed by atoms with Crippen LogP contribution in [0, 0.1) is 0 Å². The van der Waals surface area contributed by atoms with Crippen LogP contribution in [-0.2, 0) is 4.79 Å². The van der Waals surface area contributed by atoms with E-state index in [1.165, 1.54) is 0 Å². The predicted molar refractivity (Wildman–Crippen MR) is 61.7 cm³/mol. The Bertz CT molecular complexity index is 170. The van der Waals surface area contributed by atoms with Crippen LogP contribution in [0.15, 0.2) is 0 Å². The summed E-state index contributed by atoms with van der Waals surface area (Å²) in [6, 6.07) is 0.415. The van der Waals surface area contributed by atoms with Gasteiger partial charge in [-0.3, -0.25) is 4.79 Å². The number of amides is 1. The molecule has 82 valence electrons. The molecule has 1 heterocycles. The zero-order valence-electron chi connectivity index (χ0n) is 8.84. The smallest absolute Gasteiger partial charge is 0.220 e. The van der Waals surface area contributed by atoms with E-state index in [2.05, 4.69) is 16.9 Å². The van der Waals surface area contributed by atoms with E-state index in [0.717, 1.165) is 38.1 Å². The average Bonchev–Trinajstić information content (AvgIpc) is 2.20.